The van der Waals surface area contributed by atoms with Crippen molar-refractivity contribution in [2.24, 2.45) is 0 Å². The van der Waals surface area contributed by atoms with E-state index in [1.807, 2.05) is 42.6 Å². The van der Waals surface area contributed by atoms with Gasteiger partial charge < -0.3 is 5.32 Å². The standard InChI is InChI=1S/C17H17N3O3S/c1-2-17(12-7-4-3-5-8-12)15(22)20(16(23)18-17)19-14(21)11-13-9-6-10-24-13/h3-10H,2,11H2,1H3,(H,18,23)(H,19,21)/t17-/m0/s1. The van der Waals surface area contributed by atoms with Crippen molar-refractivity contribution in [3.05, 3.63) is 58.3 Å². The molecule has 4 amide bonds. The molecule has 0 radical (unpaired) electrons. The summed E-state index contributed by atoms with van der Waals surface area (Å²) in [5.74, 6) is -0.873. The van der Waals surface area contributed by atoms with Crippen LogP contribution in [0.1, 0.15) is 23.8 Å². The zero-order chi connectivity index (χ0) is 17.2. The van der Waals surface area contributed by atoms with Gasteiger partial charge in [-0.1, -0.05) is 43.3 Å². The van der Waals surface area contributed by atoms with Gasteiger partial charge in [0.15, 0.2) is 0 Å². The van der Waals surface area contributed by atoms with Gasteiger partial charge in [-0.05, 0) is 23.4 Å². The molecule has 1 aliphatic rings. The first-order valence-electron chi connectivity index (χ1n) is 7.61. The fourth-order valence-corrected chi connectivity index (χ4v) is 3.48. The number of rotatable bonds is 5. The first-order chi connectivity index (χ1) is 11.6. The Morgan fingerprint density at radius 1 is 1.21 bits per heavy atom. The van der Waals surface area contributed by atoms with Gasteiger partial charge in [-0.15, -0.1) is 11.3 Å². The molecule has 2 N–H and O–H groups in total. The Balaban J connectivity index is 1.79. The average Bonchev–Trinajstić information content (AvgIpc) is 3.18. The SMILES string of the molecule is CC[C@@]1(c2ccccc2)NC(=O)N(NC(=O)Cc2cccs2)C1=O. The number of thiophene rings is 1. The van der Waals surface area contributed by atoms with Crippen molar-refractivity contribution in [2.45, 2.75) is 25.3 Å². The van der Waals surface area contributed by atoms with Gasteiger partial charge in [-0.2, -0.15) is 5.01 Å². The number of carbonyl (C=O) groups is 3. The summed E-state index contributed by atoms with van der Waals surface area (Å²) in [6.07, 6.45) is 0.512. The Morgan fingerprint density at radius 3 is 2.58 bits per heavy atom. The molecule has 1 aliphatic heterocycles. The molecule has 2 aromatic rings. The number of carbonyl (C=O) groups excluding carboxylic acids is 3. The number of hydrogen-bond acceptors (Lipinski definition) is 4. The second-order valence-corrected chi connectivity index (χ2v) is 6.52. The van der Waals surface area contributed by atoms with E-state index in [1.165, 1.54) is 11.3 Å². The summed E-state index contributed by atoms with van der Waals surface area (Å²) in [5.41, 5.74) is 1.97. The van der Waals surface area contributed by atoms with Crippen LogP contribution in [0.4, 0.5) is 4.79 Å². The van der Waals surface area contributed by atoms with Gasteiger partial charge in [0.1, 0.15) is 5.54 Å². The summed E-state index contributed by atoms with van der Waals surface area (Å²) < 4.78 is 0. The highest BCUT2D eigenvalue weighted by molar-refractivity contribution is 7.10. The summed E-state index contributed by atoms with van der Waals surface area (Å²) in [5, 5.41) is 5.38. The summed E-state index contributed by atoms with van der Waals surface area (Å²) in [6, 6.07) is 12.1. The minimum absolute atomic E-state index is 0.124. The lowest BCUT2D eigenvalue weighted by Crippen LogP contribution is -2.48. The molecule has 24 heavy (non-hydrogen) atoms. The van der Waals surface area contributed by atoms with Crippen molar-refractivity contribution in [3.63, 3.8) is 0 Å². The van der Waals surface area contributed by atoms with Crippen LogP contribution in [-0.4, -0.2) is 22.9 Å². The van der Waals surface area contributed by atoms with Gasteiger partial charge in [0.25, 0.3) is 5.91 Å². The Morgan fingerprint density at radius 2 is 1.96 bits per heavy atom. The van der Waals surface area contributed by atoms with Crippen molar-refractivity contribution < 1.29 is 14.4 Å². The second kappa shape index (κ2) is 6.45. The summed E-state index contributed by atoms with van der Waals surface area (Å²) in [4.78, 5) is 38.1. The van der Waals surface area contributed by atoms with Crippen LogP contribution in [-0.2, 0) is 21.5 Å². The number of urea groups is 1. The first kappa shape index (κ1) is 16.2. The normalized spacial score (nSPS) is 20.1. The van der Waals surface area contributed by atoms with E-state index < -0.39 is 23.4 Å². The fraction of sp³-hybridized carbons (Fsp3) is 0.235. The highest BCUT2D eigenvalue weighted by atomic mass is 32.1. The predicted octanol–water partition coefficient (Wildman–Crippen LogP) is 2.18. The monoisotopic (exact) mass is 343 g/mol. The molecular formula is C17H17N3O3S. The molecule has 1 fully saturated rings. The van der Waals surface area contributed by atoms with Crippen LogP contribution in [0, 0.1) is 0 Å². The van der Waals surface area contributed by atoms with Crippen molar-refractivity contribution in [1.82, 2.24) is 15.8 Å². The maximum Gasteiger partial charge on any atom is 0.344 e. The lowest BCUT2D eigenvalue weighted by Gasteiger charge is -2.25. The van der Waals surface area contributed by atoms with Gasteiger partial charge >= 0.3 is 6.03 Å². The topological polar surface area (TPSA) is 78.5 Å². The van der Waals surface area contributed by atoms with Gasteiger partial charge in [0.2, 0.25) is 5.91 Å². The van der Waals surface area contributed by atoms with Gasteiger partial charge in [-0.3, -0.25) is 15.0 Å². The predicted molar refractivity (Wildman–Crippen MR) is 90.0 cm³/mol. The van der Waals surface area contributed by atoms with Crippen LogP contribution in [0.25, 0.3) is 0 Å². The van der Waals surface area contributed by atoms with E-state index in [1.54, 1.807) is 12.1 Å². The number of imide groups is 1. The first-order valence-corrected chi connectivity index (χ1v) is 8.49. The van der Waals surface area contributed by atoms with E-state index >= 15 is 0 Å². The molecule has 1 aromatic carbocycles. The van der Waals surface area contributed by atoms with Crippen LogP contribution in [0.3, 0.4) is 0 Å². The maximum atomic E-state index is 12.8. The van der Waals surface area contributed by atoms with E-state index in [-0.39, 0.29) is 6.42 Å². The zero-order valence-corrected chi connectivity index (χ0v) is 13.9. The number of nitrogens with one attached hydrogen (secondary N) is 2. The third kappa shape index (κ3) is 2.78. The fourth-order valence-electron chi connectivity index (χ4n) is 2.77. The van der Waals surface area contributed by atoms with Crippen LogP contribution >= 0.6 is 11.3 Å². The average molecular weight is 343 g/mol. The number of hydrazine groups is 1. The summed E-state index contributed by atoms with van der Waals surface area (Å²) in [7, 11) is 0. The van der Waals surface area contributed by atoms with Crippen molar-refractivity contribution in [3.8, 4) is 0 Å². The third-order valence-electron chi connectivity index (χ3n) is 4.04. The molecule has 124 valence electrons. The minimum Gasteiger partial charge on any atom is -0.318 e. The van der Waals surface area contributed by atoms with E-state index in [0.29, 0.717) is 12.0 Å². The molecule has 1 aromatic heterocycles. The van der Waals surface area contributed by atoms with E-state index in [4.69, 9.17) is 0 Å². The molecule has 7 heteroatoms. The minimum atomic E-state index is -1.14. The van der Waals surface area contributed by atoms with E-state index in [9.17, 15) is 14.4 Å². The van der Waals surface area contributed by atoms with Gasteiger partial charge in [0, 0.05) is 4.88 Å². The Bertz CT molecular complexity index is 761. The van der Waals surface area contributed by atoms with Crippen molar-refractivity contribution in [1.29, 1.82) is 0 Å². The summed E-state index contributed by atoms with van der Waals surface area (Å²) in [6.45, 7) is 1.82. The molecule has 6 nitrogen and oxygen atoms in total. The van der Waals surface area contributed by atoms with Crippen molar-refractivity contribution >= 4 is 29.2 Å². The van der Waals surface area contributed by atoms with Crippen LogP contribution in [0.2, 0.25) is 0 Å². The quantitative estimate of drug-likeness (QED) is 0.817. The largest absolute Gasteiger partial charge is 0.344 e. The molecule has 1 saturated heterocycles. The number of benzene rings is 1. The molecular weight excluding hydrogens is 326 g/mol. The molecule has 0 aliphatic carbocycles. The number of nitrogens with zero attached hydrogens (tertiary/aromatic N) is 1. The molecule has 0 unspecified atom stereocenters. The van der Waals surface area contributed by atoms with Crippen LogP contribution in [0.15, 0.2) is 47.8 Å². The van der Waals surface area contributed by atoms with Crippen LogP contribution in [0.5, 0.6) is 0 Å². The number of amides is 4. The lowest BCUT2D eigenvalue weighted by molar-refractivity contribution is -0.139. The Hall–Kier alpha value is -2.67. The molecule has 2 heterocycles. The number of hydrogen-bond donors (Lipinski definition) is 2. The van der Waals surface area contributed by atoms with Crippen molar-refractivity contribution in [2.75, 3.05) is 0 Å². The maximum absolute atomic E-state index is 12.8. The zero-order valence-electron chi connectivity index (χ0n) is 13.1. The van der Waals surface area contributed by atoms with E-state index in [0.717, 1.165) is 9.89 Å². The molecule has 0 saturated carbocycles. The third-order valence-corrected chi connectivity index (χ3v) is 4.92. The second-order valence-electron chi connectivity index (χ2n) is 5.49. The molecule has 1 atom stereocenters. The highest BCUT2D eigenvalue weighted by Gasteiger charge is 2.52. The van der Waals surface area contributed by atoms with Gasteiger partial charge in [0.05, 0.1) is 6.42 Å². The van der Waals surface area contributed by atoms with E-state index in [2.05, 4.69) is 10.7 Å². The Kier molecular flexibility index (Phi) is 4.35. The molecule has 3 rings (SSSR count). The lowest BCUT2D eigenvalue weighted by atomic mass is 9.87. The molecule has 0 bridgehead atoms. The highest BCUT2D eigenvalue weighted by Crippen LogP contribution is 2.31. The Labute approximate surface area is 143 Å². The van der Waals surface area contributed by atoms with Crippen LogP contribution < -0.4 is 10.7 Å². The van der Waals surface area contributed by atoms with Gasteiger partial charge in [-0.25, -0.2) is 4.79 Å². The summed E-state index contributed by atoms with van der Waals surface area (Å²) >= 11 is 1.45. The molecule has 0 spiro atoms. The smallest absolute Gasteiger partial charge is 0.318 e.